The fourth-order valence-corrected chi connectivity index (χ4v) is 5.42. The van der Waals surface area contributed by atoms with Crippen LogP contribution in [0.25, 0.3) is 0 Å². The van der Waals surface area contributed by atoms with Gasteiger partial charge in [0.25, 0.3) is 0 Å². The molecular weight excluding hydrogens is 512 g/mol. The second-order valence-electron chi connectivity index (χ2n) is 12.0. The summed E-state index contributed by atoms with van der Waals surface area (Å²) in [6.07, 6.45) is 20.6. The van der Waals surface area contributed by atoms with Gasteiger partial charge in [0.2, 0.25) is 6.29 Å². The van der Waals surface area contributed by atoms with Crippen LogP contribution in [0, 0.1) is 0 Å². The molecule has 0 aliphatic carbocycles. The maximum Gasteiger partial charge on any atom is 0.308 e. The number of aliphatic hydroxyl groups is 5. The summed E-state index contributed by atoms with van der Waals surface area (Å²) in [7, 11) is 0. The van der Waals surface area contributed by atoms with Crippen LogP contribution >= 0.6 is 0 Å². The van der Waals surface area contributed by atoms with Crippen LogP contribution in [-0.2, 0) is 14.3 Å². The fraction of sp³-hybridized carbons (Fsp3) is 0.969. The molecule has 8 nitrogen and oxygen atoms in total. The number of unbranched alkanes of at least 4 members (excludes halogenated alkanes) is 20. The van der Waals surface area contributed by atoms with E-state index in [1.807, 2.05) is 6.92 Å². The lowest BCUT2D eigenvalue weighted by Gasteiger charge is -2.39. The quantitative estimate of drug-likeness (QED) is 0.0657. The Morgan fingerprint density at radius 2 is 1.00 bits per heavy atom. The van der Waals surface area contributed by atoms with E-state index in [2.05, 4.69) is 0 Å². The minimum atomic E-state index is -1.55. The van der Waals surface area contributed by atoms with Crippen molar-refractivity contribution in [3.63, 3.8) is 0 Å². The van der Waals surface area contributed by atoms with Gasteiger partial charge in [0.1, 0.15) is 24.4 Å². The number of aliphatic hydroxyl groups excluding tert-OH is 5. The first kappa shape index (κ1) is 37.3. The Hall–Kier alpha value is -0.770. The molecule has 1 heterocycles. The highest BCUT2D eigenvalue weighted by atomic mass is 16.7. The van der Waals surface area contributed by atoms with Crippen LogP contribution in [0.4, 0.5) is 0 Å². The zero-order valence-electron chi connectivity index (χ0n) is 25.4. The Kier molecular flexibility index (Phi) is 23.1. The predicted octanol–water partition coefficient (Wildman–Crippen LogP) is 5.68. The first-order valence-corrected chi connectivity index (χ1v) is 16.5. The molecule has 6 unspecified atom stereocenters. The molecule has 5 N–H and O–H groups in total. The van der Waals surface area contributed by atoms with Crippen molar-refractivity contribution in [1.82, 2.24) is 0 Å². The van der Waals surface area contributed by atoms with Gasteiger partial charge in [0, 0.05) is 6.42 Å². The number of hydrogen-bond acceptors (Lipinski definition) is 8. The Balaban J connectivity index is 1.80. The third kappa shape index (κ3) is 18.6. The van der Waals surface area contributed by atoms with Crippen molar-refractivity contribution in [2.24, 2.45) is 0 Å². The van der Waals surface area contributed by atoms with Crippen LogP contribution in [0.3, 0.4) is 0 Å². The zero-order valence-corrected chi connectivity index (χ0v) is 25.4. The minimum absolute atomic E-state index is 0.136. The Morgan fingerprint density at radius 3 is 1.38 bits per heavy atom. The summed E-state index contributed by atoms with van der Waals surface area (Å²) < 4.78 is 10.3. The standard InChI is InChI=1S/C32H62O8/c1-26(34)23-21-19-17-15-13-11-9-7-5-3-2-4-6-8-10-12-14-16-18-20-22-24-28(35)40-32-31(38)30(37)29(36)27(25-33)39-32/h26-27,29-34,36-38H,2-25H2,1H3. The van der Waals surface area contributed by atoms with Crippen LogP contribution in [0.2, 0.25) is 0 Å². The van der Waals surface area contributed by atoms with Crippen LogP contribution in [-0.4, -0.2) is 74.9 Å². The van der Waals surface area contributed by atoms with Crippen molar-refractivity contribution in [2.75, 3.05) is 6.61 Å². The highest BCUT2D eigenvalue weighted by Gasteiger charge is 2.45. The molecule has 0 aromatic carbocycles. The summed E-state index contributed by atoms with van der Waals surface area (Å²) in [5.41, 5.74) is 0. The number of esters is 1. The second kappa shape index (κ2) is 24.8. The fourth-order valence-electron chi connectivity index (χ4n) is 5.42. The van der Waals surface area contributed by atoms with Gasteiger partial charge in [0.05, 0.1) is 12.7 Å². The second-order valence-corrected chi connectivity index (χ2v) is 12.0. The predicted molar refractivity (Wildman–Crippen MR) is 158 cm³/mol. The van der Waals surface area contributed by atoms with E-state index in [4.69, 9.17) is 9.47 Å². The van der Waals surface area contributed by atoms with E-state index in [0.717, 1.165) is 19.3 Å². The van der Waals surface area contributed by atoms with Crippen LogP contribution in [0.1, 0.15) is 155 Å². The molecule has 0 radical (unpaired) electrons. The Morgan fingerprint density at radius 1 is 0.625 bits per heavy atom. The number of hydrogen-bond donors (Lipinski definition) is 5. The van der Waals surface area contributed by atoms with Crippen molar-refractivity contribution >= 4 is 5.97 Å². The minimum Gasteiger partial charge on any atom is -0.433 e. The van der Waals surface area contributed by atoms with Crippen molar-refractivity contribution in [3.05, 3.63) is 0 Å². The average molecular weight is 575 g/mol. The van der Waals surface area contributed by atoms with Crippen molar-refractivity contribution < 1.29 is 39.8 Å². The van der Waals surface area contributed by atoms with E-state index >= 15 is 0 Å². The molecule has 0 spiro atoms. The topological polar surface area (TPSA) is 137 Å². The molecular formula is C32H62O8. The third-order valence-corrected chi connectivity index (χ3v) is 8.10. The molecule has 238 valence electrons. The van der Waals surface area contributed by atoms with E-state index < -0.39 is 43.3 Å². The number of carbonyl (C=O) groups is 1. The van der Waals surface area contributed by atoms with Crippen LogP contribution in [0.15, 0.2) is 0 Å². The van der Waals surface area contributed by atoms with Crippen molar-refractivity contribution in [1.29, 1.82) is 0 Å². The summed E-state index contributed by atoms with van der Waals surface area (Å²) in [4.78, 5) is 12.0. The van der Waals surface area contributed by atoms with E-state index in [-0.39, 0.29) is 12.5 Å². The SMILES string of the molecule is CC(O)CCCCCCCCCCCCCCCCCCCCCCCC(=O)OC1OC(CO)C(O)C(O)C1O. The van der Waals surface area contributed by atoms with Gasteiger partial charge in [-0.05, 0) is 19.8 Å². The highest BCUT2D eigenvalue weighted by Crippen LogP contribution is 2.23. The monoisotopic (exact) mass is 574 g/mol. The van der Waals surface area contributed by atoms with Gasteiger partial charge in [-0.15, -0.1) is 0 Å². The number of rotatable bonds is 26. The Labute approximate surface area is 243 Å². The molecule has 1 fully saturated rings. The van der Waals surface area contributed by atoms with Gasteiger partial charge in [-0.1, -0.05) is 128 Å². The van der Waals surface area contributed by atoms with E-state index in [9.17, 15) is 30.3 Å². The summed E-state index contributed by atoms with van der Waals surface area (Å²) in [5.74, 6) is -0.517. The molecule has 40 heavy (non-hydrogen) atoms. The maximum atomic E-state index is 12.0. The lowest BCUT2D eigenvalue weighted by Crippen LogP contribution is -2.59. The normalized spacial score (nSPS) is 23.8. The summed E-state index contributed by atoms with van der Waals surface area (Å²) >= 11 is 0. The molecule has 1 rings (SSSR count). The zero-order chi connectivity index (χ0) is 29.4. The van der Waals surface area contributed by atoms with Gasteiger partial charge < -0.3 is 35.0 Å². The van der Waals surface area contributed by atoms with Crippen molar-refractivity contribution in [2.45, 2.75) is 191 Å². The molecule has 0 saturated carbocycles. The summed E-state index contributed by atoms with van der Waals surface area (Å²) in [5, 5.41) is 47.9. The Bertz CT molecular complexity index is 585. The molecule has 0 aromatic rings. The number of carbonyl (C=O) groups excluding carboxylic acids is 1. The van der Waals surface area contributed by atoms with Gasteiger partial charge in [-0.3, -0.25) is 4.79 Å². The van der Waals surface area contributed by atoms with E-state index in [0.29, 0.717) is 6.42 Å². The van der Waals surface area contributed by atoms with Crippen LogP contribution in [0.5, 0.6) is 0 Å². The van der Waals surface area contributed by atoms with E-state index in [1.54, 1.807) is 0 Å². The molecule has 0 amide bonds. The summed E-state index contributed by atoms with van der Waals surface area (Å²) in [6, 6.07) is 0. The first-order chi connectivity index (χ1) is 19.4. The summed E-state index contributed by atoms with van der Waals surface area (Å²) in [6.45, 7) is 1.33. The molecule has 0 bridgehead atoms. The first-order valence-electron chi connectivity index (χ1n) is 16.5. The maximum absolute atomic E-state index is 12.0. The largest absolute Gasteiger partial charge is 0.433 e. The lowest BCUT2D eigenvalue weighted by atomic mass is 9.99. The van der Waals surface area contributed by atoms with Gasteiger partial charge >= 0.3 is 5.97 Å². The molecule has 6 atom stereocenters. The third-order valence-electron chi connectivity index (χ3n) is 8.10. The molecule has 1 saturated heterocycles. The highest BCUT2D eigenvalue weighted by molar-refractivity contribution is 5.69. The smallest absolute Gasteiger partial charge is 0.308 e. The van der Waals surface area contributed by atoms with Crippen LogP contribution < -0.4 is 0 Å². The molecule has 8 heteroatoms. The van der Waals surface area contributed by atoms with Crippen molar-refractivity contribution in [3.8, 4) is 0 Å². The molecule has 1 aliphatic rings. The van der Waals surface area contributed by atoms with Gasteiger partial charge in [-0.2, -0.15) is 0 Å². The average Bonchev–Trinajstić information content (AvgIpc) is 2.93. The van der Waals surface area contributed by atoms with Gasteiger partial charge in [-0.25, -0.2) is 0 Å². The van der Waals surface area contributed by atoms with Gasteiger partial charge in [0.15, 0.2) is 0 Å². The van der Waals surface area contributed by atoms with E-state index in [1.165, 1.54) is 116 Å². The molecule has 1 aliphatic heterocycles. The molecule has 0 aromatic heterocycles. The lowest BCUT2D eigenvalue weighted by molar-refractivity contribution is -0.292. The number of ether oxygens (including phenoxy) is 2.